The maximum atomic E-state index is 13.5. The van der Waals surface area contributed by atoms with E-state index in [1.54, 1.807) is 24.3 Å². The minimum absolute atomic E-state index is 0.296. The molecule has 0 spiro atoms. The Balaban J connectivity index is 1.47. The van der Waals surface area contributed by atoms with Gasteiger partial charge < -0.3 is 9.47 Å². The summed E-state index contributed by atoms with van der Waals surface area (Å²) in [5, 5.41) is 9.35. The SMILES string of the molecule is CCOc1ccc(-c2nn(-c3ccccc3)cc2/C=c2\sc3nc(-c4ccccc4OC(C)=O)nn3c2=O)c(C)c1. The van der Waals surface area contributed by atoms with Gasteiger partial charge in [0, 0.05) is 24.2 Å². The van der Waals surface area contributed by atoms with Gasteiger partial charge in [-0.3, -0.25) is 9.59 Å². The zero-order chi connectivity index (χ0) is 28.5. The van der Waals surface area contributed by atoms with Crippen molar-refractivity contribution in [3.8, 4) is 39.8 Å². The number of esters is 1. The van der Waals surface area contributed by atoms with E-state index in [4.69, 9.17) is 14.6 Å². The average Bonchev–Trinajstić information content (AvgIpc) is 3.65. The van der Waals surface area contributed by atoms with E-state index in [0.29, 0.717) is 33.2 Å². The monoisotopic (exact) mass is 563 g/mol. The van der Waals surface area contributed by atoms with E-state index >= 15 is 0 Å². The molecule has 3 aromatic heterocycles. The van der Waals surface area contributed by atoms with E-state index in [2.05, 4.69) is 10.1 Å². The fourth-order valence-corrected chi connectivity index (χ4v) is 5.46. The van der Waals surface area contributed by atoms with Crippen molar-refractivity contribution < 1.29 is 14.3 Å². The number of carbonyl (C=O) groups excluding carboxylic acids is 1. The molecule has 9 nitrogen and oxygen atoms in total. The van der Waals surface area contributed by atoms with Gasteiger partial charge in [0.2, 0.25) is 4.96 Å². The summed E-state index contributed by atoms with van der Waals surface area (Å²) in [5.74, 6) is 0.982. The molecule has 0 N–H and O–H groups in total. The topological polar surface area (TPSA) is 101 Å². The zero-order valence-corrected chi connectivity index (χ0v) is 23.4. The highest BCUT2D eigenvalue weighted by Gasteiger charge is 2.18. The van der Waals surface area contributed by atoms with Crippen LogP contribution < -0.4 is 19.6 Å². The minimum atomic E-state index is -0.450. The Morgan fingerprint density at radius 1 is 1.00 bits per heavy atom. The lowest BCUT2D eigenvalue weighted by molar-refractivity contribution is -0.131. The second-order valence-corrected chi connectivity index (χ2v) is 10.3. The second kappa shape index (κ2) is 10.8. The van der Waals surface area contributed by atoms with Gasteiger partial charge in [0.1, 0.15) is 17.2 Å². The molecule has 41 heavy (non-hydrogen) atoms. The molecule has 3 heterocycles. The van der Waals surface area contributed by atoms with E-state index in [9.17, 15) is 9.59 Å². The summed E-state index contributed by atoms with van der Waals surface area (Å²) in [5.41, 5.74) is 4.59. The molecule has 6 aromatic rings. The zero-order valence-electron chi connectivity index (χ0n) is 22.6. The van der Waals surface area contributed by atoms with Crippen molar-refractivity contribution >= 4 is 28.3 Å². The second-order valence-electron chi connectivity index (χ2n) is 9.26. The third-order valence-electron chi connectivity index (χ3n) is 6.38. The summed E-state index contributed by atoms with van der Waals surface area (Å²) >= 11 is 1.23. The number of aromatic nitrogens is 5. The van der Waals surface area contributed by atoms with Crippen LogP contribution in [0.2, 0.25) is 0 Å². The number of carbonyl (C=O) groups is 1. The van der Waals surface area contributed by atoms with E-state index in [1.165, 1.54) is 22.8 Å². The van der Waals surface area contributed by atoms with Gasteiger partial charge >= 0.3 is 5.97 Å². The summed E-state index contributed by atoms with van der Waals surface area (Å²) in [6.07, 6.45) is 3.74. The smallest absolute Gasteiger partial charge is 0.308 e. The van der Waals surface area contributed by atoms with Crippen molar-refractivity contribution in [3.63, 3.8) is 0 Å². The molecule has 0 atom stereocenters. The summed E-state index contributed by atoms with van der Waals surface area (Å²) in [6, 6.07) is 22.7. The van der Waals surface area contributed by atoms with Crippen molar-refractivity contribution in [2.45, 2.75) is 20.8 Å². The molecule has 3 aromatic carbocycles. The van der Waals surface area contributed by atoms with Crippen LogP contribution in [0.1, 0.15) is 25.0 Å². The first-order valence-electron chi connectivity index (χ1n) is 13.0. The summed E-state index contributed by atoms with van der Waals surface area (Å²) < 4.78 is 14.5. The van der Waals surface area contributed by atoms with Gasteiger partial charge in [-0.2, -0.15) is 14.6 Å². The molecule has 0 saturated heterocycles. The number of fused-ring (bicyclic) bond motifs is 1. The molecule has 0 saturated carbocycles. The van der Waals surface area contributed by atoms with Crippen LogP contribution in [0.3, 0.4) is 0 Å². The van der Waals surface area contributed by atoms with Crippen LogP contribution >= 0.6 is 11.3 Å². The van der Waals surface area contributed by atoms with Gasteiger partial charge in [-0.15, -0.1) is 5.10 Å². The average molecular weight is 564 g/mol. The number of rotatable bonds is 7. The molecule has 0 unspecified atom stereocenters. The van der Waals surface area contributed by atoms with Gasteiger partial charge in [-0.05, 0) is 68.0 Å². The van der Waals surface area contributed by atoms with Crippen LogP contribution in [0.4, 0.5) is 0 Å². The number of para-hydroxylation sites is 2. The molecule has 6 rings (SSSR count). The number of thiazole rings is 1. The maximum absolute atomic E-state index is 13.5. The van der Waals surface area contributed by atoms with Crippen LogP contribution in [0, 0.1) is 6.92 Å². The van der Waals surface area contributed by atoms with Gasteiger partial charge in [0.15, 0.2) is 5.82 Å². The summed E-state index contributed by atoms with van der Waals surface area (Å²) in [7, 11) is 0. The van der Waals surface area contributed by atoms with Gasteiger partial charge in [0.05, 0.1) is 22.4 Å². The predicted octanol–water partition coefficient (Wildman–Crippen LogP) is 4.85. The van der Waals surface area contributed by atoms with E-state index in [-0.39, 0.29) is 5.56 Å². The van der Waals surface area contributed by atoms with Crippen molar-refractivity contribution in [3.05, 3.63) is 105 Å². The van der Waals surface area contributed by atoms with Crippen LogP contribution in [0.25, 0.3) is 39.4 Å². The van der Waals surface area contributed by atoms with Crippen LogP contribution in [-0.2, 0) is 4.79 Å². The Morgan fingerprint density at radius 3 is 2.51 bits per heavy atom. The van der Waals surface area contributed by atoms with E-state index in [1.807, 2.05) is 79.3 Å². The molecule has 0 amide bonds. The lowest BCUT2D eigenvalue weighted by Gasteiger charge is -2.08. The lowest BCUT2D eigenvalue weighted by Crippen LogP contribution is -2.23. The number of nitrogens with zero attached hydrogens (tertiary/aromatic N) is 5. The molecular weight excluding hydrogens is 538 g/mol. The first kappa shape index (κ1) is 26.1. The van der Waals surface area contributed by atoms with Gasteiger partial charge in [0.25, 0.3) is 5.56 Å². The number of ether oxygens (including phenoxy) is 2. The molecule has 0 aliphatic carbocycles. The molecule has 0 aliphatic heterocycles. The highest BCUT2D eigenvalue weighted by molar-refractivity contribution is 7.15. The first-order chi connectivity index (χ1) is 19.9. The highest BCUT2D eigenvalue weighted by atomic mass is 32.1. The Labute approximate surface area is 238 Å². The lowest BCUT2D eigenvalue weighted by atomic mass is 10.0. The van der Waals surface area contributed by atoms with Gasteiger partial charge in [-0.25, -0.2) is 4.68 Å². The van der Waals surface area contributed by atoms with E-state index in [0.717, 1.165) is 33.8 Å². The first-order valence-corrected chi connectivity index (χ1v) is 13.8. The Morgan fingerprint density at radius 2 is 1.78 bits per heavy atom. The Kier molecular flexibility index (Phi) is 6.90. The molecule has 0 aliphatic rings. The normalized spacial score (nSPS) is 11.7. The van der Waals surface area contributed by atoms with Crippen molar-refractivity contribution in [2.75, 3.05) is 6.61 Å². The molecule has 0 radical (unpaired) electrons. The van der Waals surface area contributed by atoms with Crippen LogP contribution in [0.15, 0.2) is 83.8 Å². The fraction of sp³-hybridized carbons (Fsp3) is 0.129. The molecule has 0 fully saturated rings. The predicted molar refractivity (Wildman–Crippen MR) is 158 cm³/mol. The quantitative estimate of drug-likeness (QED) is 0.202. The number of hydrogen-bond donors (Lipinski definition) is 0. The maximum Gasteiger partial charge on any atom is 0.308 e. The molecule has 204 valence electrons. The summed E-state index contributed by atoms with van der Waals surface area (Å²) in [6.45, 7) is 5.88. The Hall–Kier alpha value is -5.09. The minimum Gasteiger partial charge on any atom is -0.494 e. The van der Waals surface area contributed by atoms with Crippen molar-refractivity contribution in [1.29, 1.82) is 0 Å². The standard InChI is InChI=1S/C31H25N5O4S/c1-4-39-23-14-15-24(19(2)16-23)28-21(18-35(33-28)22-10-6-5-7-11-22)17-27-30(38)36-31(41-27)32-29(34-36)25-12-8-9-13-26(25)40-20(3)37/h5-18H,4H2,1-3H3/b27-17-. The largest absolute Gasteiger partial charge is 0.494 e. The Bertz CT molecular complexity index is 2010. The van der Waals surface area contributed by atoms with Crippen LogP contribution in [-0.4, -0.2) is 37.0 Å². The van der Waals surface area contributed by atoms with Crippen molar-refractivity contribution in [2.24, 2.45) is 0 Å². The van der Waals surface area contributed by atoms with Crippen molar-refractivity contribution in [1.82, 2.24) is 24.4 Å². The number of benzene rings is 3. The van der Waals surface area contributed by atoms with Gasteiger partial charge in [-0.1, -0.05) is 41.7 Å². The van der Waals surface area contributed by atoms with Crippen LogP contribution in [0.5, 0.6) is 11.5 Å². The number of aryl methyl sites for hydroxylation is 1. The fourth-order valence-electron chi connectivity index (χ4n) is 4.56. The summed E-state index contributed by atoms with van der Waals surface area (Å²) in [4.78, 5) is 30.0. The third kappa shape index (κ3) is 5.12. The number of hydrogen-bond acceptors (Lipinski definition) is 8. The molecule has 0 bridgehead atoms. The third-order valence-corrected chi connectivity index (χ3v) is 7.34. The highest BCUT2D eigenvalue weighted by Crippen LogP contribution is 2.31. The molecule has 10 heteroatoms. The molecular formula is C31H25N5O4S. The van der Waals surface area contributed by atoms with E-state index < -0.39 is 5.97 Å².